The Labute approximate surface area is 167 Å². The standard InChI is InChI=1S/C24H21N3O2/c1-13-9-10-27-12-18(16-7-4-6-14(13)22(16)27)21-20(23(28)26-24(21)29)17-11-25-19-8-3-2-5-15(17)19/h2-8,11-13,20-21,25H,9-10H2,1H3,(H,26,28,29)/t13-,20-,21-/m0/s1. The molecule has 2 aromatic carbocycles. The molecule has 0 spiro atoms. The summed E-state index contributed by atoms with van der Waals surface area (Å²) in [6.07, 6.45) is 5.07. The predicted octanol–water partition coefficient (Wildman–Crippen LogP) is 4.15. The Bertz CT molecular complexity index is 1310. The molecule has 0 saturated carbocycles. The van der Waals surface area contributed by atoms with Crippen LogP contribution in [0.5, 0.6) is 0 Å². The van der Waals surface area contributed by atoms with Crippen molar-refractivity contribution < 1.29 is 9.59 Å². The van der Waals surface area contributed by atoms with E-state index < -0.39 is 11.8 Å². The third kappa shape index (κ3) is 2.21. The smallest absolute Gasteiger partial charge is 0.235 e. The summed E-state index contributed by atoms with van der Waals surface area (Å²) in [5.41, 5.74) is 5.35. The number of H-pyrrole nitrogens is 1. The van der Waals surface area contributed by atoms with Crippen molar-refractivity contribution in [1.82, 2.24) is 14.9 Å². The predicted molar refractivity (Wildman–Crippen MR) is 112 cm³/mol. The summed E-state index contributed by atoms with van der Waals surface area (Å²) < 4.78 is 2.27. The molecule has 2 aliphatic heterocycles. The molecule has 1 fully saturated rings. The Hall–Kier alpha value is -3.34. The van der Waals surface area contributed by atoms with E-state index in [9.17, 15) is 9.59 Å². The van der Waals surface area contributed by atoms with Crippen LogP contribution in [-0.2, 0) is 16.1 Å². The number of carbonyl (C=O) groups excluding carboxylic acids is 2. The van der Waals surface area contributed by atoms with Crippen LogP contribution in [0.1, 0.15) is 47.8 Å². The van der Waals surface area contributed by atoms with E-state index >= 15 is 0 Å². The second-order valence-corrected chi connectivity index (χ2v) is 8.31. The number of hydrogen-bond acceptors (Lipinski definition) is 2. The Kier molecular flexibility index (Phi) is 3.34. The van der Waals surface area contributed by atoms with Gasteiger partial charge in [0.15, 0.2) is 0 Å². The van der Waals surface area contributed by atoms with Crippen molar-refractivity contribution in [1.29, 1.82) is 0 Å². The SMILES string of the molecule is C[C@H]1CCn2cc([C@@H]3C(=O)NC(=O)[C@H]3c3c[nH]c4ccccc34)c3cccc1c32. The first-order chi connectivity index (χ1) is 14.1. The molecule has 0 aliphatic carbocycles. The highest BCUT2D eigenvalue weighted by atomic mass is 16.2. The molecule has 2 N–H and O–H groups in total. The van der Waals surface area contributed by atoms with Crippen LogP contribution in [0.2, 0.25) is 0 Å². The van der Waals surface area contributed by atoms with E-state index in [2.05, 4.69) is 46.2 Å². The van der Waals surface area contributed by atoms with Crippen LogP contribution >= 0.6 is 0 Å². The zero-order valence-electron chi connectivity index (χ0n) is 16.1. The maximum Gasteiger partial charge on any atom is 0.235 e. The van der Waals surface area contributed by atoms with E-state index in [-0.39, 0.29) is 11.8 Å². The molecule has 5 nitrogen and oxygen atoms in total. The minimum absolute atomic E-state index is 0.206. The molecular weight excluding hydrogens is 362 g/mol. The van der Waals surface area contributed by atoms with Gasteiger partial charge < -0.3 is 9.55 Å². The Balaban J connectivity index is 1.58. The van der Waals surface area contributed by atoms with Crippen molar-refractivity contribution in [3.63, 3.8) is 0 Å². The molecule has 1 saturated heterocycles. The maximum absolute atomic E-state index is 13.0. The van der Waals surface area contributed by atoms with Gasteiger partial charge in [-0.05, 0) is 35.1 Å². The van der Waals surface area contributed by atoms with Gasteiger partial charge in [0.05, 0.1) is 17.4 Å². The van der Waals surface area contributed by atoms with E-state index in [1.54, 1.807) is 0 Å². The molecule has 0 radical (unpaired) electrons. The van der Waals surface area contributed by atoms with Crippen LogP contribution in [0, 0.1) is 0 Å². The summed E-state index contributed by atoms with van der Waals surface area (Å²) in [5, 5.41) is 4.68. The molecule has 6 rings (SSSR count). The van der Waals surface area contributed by atoms with E-state index in [0.717, 1.165) is 40.4 Å². The summed E-state index contributed by atoms with van der Waals surface area (Å²) >= 11 is 0. The summed E-state index contributed by atoms with van der Waals surface area (Å²) in [4.78, 5) is 29.1. The molecule has 2 amide bonds. The lowest BCUT2D eigenvalue weighted by Gasteiger charge is -2.21. The lowest BCUT2D eigenvalue weighted by molar-refractivity contribution is -0.125. The summed E-state index contributed by atoms with van der Waals surface area (Å²) in [6, 6.07) is 14.3. The van der Waals surface area contributed by atoms with E-state index in [4.69, 9.17) is 0 Å². The monoisotopic (exact) mass is 383 g/mol. The lowest BCUT2D eigenvalue weighted by atomic mass is 9.82. The molecule has 2 aromatic heterocycles. The van der Waals surface area contributed by atoms with Gasteiger partial charge in [0.1, 0.15) is 0 Å². The van der Waals surface area contributed by atoms with Gasteiger partial charge in [-0.15, -0.1) is 0 Å². The number of amides is 2. The number of rotatable bonds is 2. The lowest BCUT2D eigenvalue weighted by Crippen LogP contribution is -2.21. The molecule has 0 bridgehead atoms. The second kappa shape index (κ2) is 5.83. The van der Waals surface area contributed by atoms with Crippen LogP contribution in [0.3, 0.4) is 0 Å². The van der Waals surface area contributed by atoms with E-state index in [1.807, 2.05) is 30.5 Å². The number of aromatic nitrogens is 2. The van der Waals surface area contributed by atoms with Gasteiger partial charge in [0, 0.05) is 35.2 Å². The summed E-state index contributed by atoms with van der Waals surface area (Å²) in [6.45, 7) is 3.19. The van der Waals surface area contributed by atoms with Crippen LogP contribution < -0.4 is 5.32 Å². The number of carbonyl (C=O) groups is 2. The van der Waals surface area contributed by atoms with E-state index in [0.29, 0.717) is 5.92 Å². The van der Waals surface area contributed by atoms with Gasteiger partial charge in [-0.1, -0.05) is 43.3 Å². The minimum atomic E-state index is -0.528. The van der Waals surface area contributed by atoms with Crippen molar-refractivity contribution in [2.45, 2.75) is 37.6 Å². The van der Waals surface area contributed by atoms with Crippen LogP contribution in [0.4, 0.5) is 0 Å². The topological polar surface area (TPSA) is 66.9 Å². The molecule has 29 heavy (non-hydrogen) atoms. The average Bonchev–Trinajstić information content (AvgIpc) is 3.38. The number of nitrogens with one attached hydrogen (secondary N) is 2. The quantitative estimate of drug-likeness (QED) is 0.511. The van der Waals surface area contributed by atoms with Crippen molar-refractivity contribution in [2.75, 3.05) is 0 Å². The van der Waals surface area contributed by atoms with Gasteiger partial charge >= 0.3 is 0 Å². The highest BCUT2D eigenvalue weighted by Gasteiger charge is 2.45. The number of hydrogen-bond donors (Lipinski definition) is 2. The van der Waals surface area contributed by atoms with Crippen molar-refractivity contribution in [3.05, 3.63) is 71.5 Å². The fourth-order valence-electron chi connectivity index (χ4n) is 5.30. The van der Waals surface area contributed by atoms with Gasteiger partial charge in [-0.2, -0.15) is 0 Å². The van der Waals surface area contributed by atoms with Crippen LogP contribution in [-0.4, -0.2) is 21.4 Å². The minimum Gasteiger partial charge on any atom is -0.361 e. The average molecular weight is 383 g/mol. The third-order valence-electron chi connectivity index (χ3n) is 6.73. The second-order valence-electron chi connectivity index (χ2n) is 8.31. The first-order valence-electron chi connectivity index (χ1n) is 10.2. The third-order valence-corrected chi connectivity index (χ3v) is 6.73. The fraction of sp³-hybridized carbons (Fsp3) is 0.250. The van der Waals surface area contributed by atoms with Crippen LogP contribution in [0.15, 0.2) is 54.9 Å². The van der Waals surface area contributed by atoms with Crippen molar-refractivity contribution in [3.8, 4) is 0 Å². The number of para-hydroxylation sites is 2. The molecule has 2 aliphatic rings. The van der Waals surface area contributed by atoms with Crippen LogP contribution in [0.25, 0.3) is 21.8 Å². The number of fused-ring (bicyclic) bond motifs is 1. The zero-order valence-corrected chi connectivity index (χ0v) is 16.1. The van der Waals surface area contributed by atoms with Gasteiger partial charge in [-0.3, -0.25) is 14.9 Å². The highest BCUT2D eigenvalue weighted by molar-refractivity contribution is 6.13. The molecular formula is C24H21N3O2. The first-order valence-corrected chi connectivity index (χ1v) is 10.2. The van der Waals surface area contributed by atoms with Crippen molar-refractivity contribution >= 4 is 33.6 Å². The Morgan fingerprint density at radius 2 is 1.66 bits per heavy atom. The molecule has 3 atom stereocenters. The van der Waals surface area contributed by atoms with Gasteiger partial charge in [-0.25, -0.2) is 0 Å². The zero-order chi connectivity index (χ0) is 19.7. The highest BCUT2D eigenvalue weighted by Crippen LogP contribution is 2.45. The number of aromatic amines is 1. The summed E-state index contributed by atoms with van der Waals surface area (Å²) in [7, 11) is 0. The number of benzene rings is 2. The number of nitrogens with zero attached hydrogens (tertiary/aromatic N) is 1. The number of aryl methyl sites for hydroxylation is 1. The first kappa shape index (κ1) is 16.6. The molecule has 0 unspecified atom stereocenters. The summed E-state index contributed by atoms with van der Waals surface area (Å²) in [5.74, 6) is -0.974. The molecule has 4 heterocycles. The molecule has 144 valence electrons. The Morgan fingerprint density at radius 1 is 0.897 bits per heavy atom. The van der Waals surface area contributed by atoms with Gasteiger partial charge in [0.2, 0.25) is 11.8 Å². The largest absolute Gasteiger partial charge is 0.361 e. The number of imide groups is 1. The fourth-order valence-corrected chi connectivity index (χ4v) is 5.30. The Morgan fingerprint density at radius 3 is 2.52 bits per heavy atom. The van der Waals surface area contributed by atoms with E-state index in [1.165, 1.54) is 11.1 Å². The van der Waals surface area contributed by atoms with Crippen molar-refractivity contribution in [2.24, 2.45) is 0 Å². The molecule has 5 heteroatoms. The normalized spacial score (nSPS) is 23.8. The maximum atomic E-state index is 13.0. The van der Waals surface area contributed by atoms with Gasteiger partial charge in [0.25, 0.3) is 0 Å². The molecule has 4 aromatic rings.